The van der Waals surface area contributed by atoms with E-state index in [-0.39, 0.29) is 23.7 Å². The zero-order chi connectivity index (χ0) is 17.4. The van der Waals surface area contributed by atoms with Crippen LogP contribution in [0.3, 0.4) is 0 Å². The van der Waals surface area contributed by atoms with Gasteiger partial charge in [0.05, 0.1) is 18.2 Å². The van der Waals surface area contributed by atoms with E-state index in [9.17, 15) is 4.79 Å². The second kappa shape index (κ2) is 5.42. The van der Waals surface area contributed by atoms with E-state index in [1.165, 1.54) is 19.3 Å². The zero-order valence-corrected chi connectivity index (χ0v) is 16.0. The van der Waals surface area contributed by atoms with E-state index < -0.39 is 0 Å². The normalized spacial score (nSPS) is 48.1. The molecular weight excluding hydrogens is 302 g/mol. The predicted octanol–water partition coefficient (Wildman–Crippen LogP) is 2.32. The number of nitrogens with zero attached hydrogens (tertiary/aromatic N) is 3. The number of hydrogen-bond donors (Lipinski definition) is 0. The lowest BCUT2D eigenvalue weighted by Gasteiger charge is -2.56. The molecule has 0 spiro atoms. The fourth-order valence-corrected chi connectivity index (χ4v) is 6.25. The number of rotatable bonds is 0. The maximum atomic E-state index is 12.1. The molecule has 4 fully saturated rings. The topological polar surface area (TPSA) is 36.0 Å². The number of amides is 1. The maximum absolute atomic E-state index is 12.1. The van der Waals surface area contributed by atoms with Crippen molar-refractivity contribution in [2.24, 2.45) is 17.8 Å². The number of likely N-dealkylation sites (N-methyl/N-ethyl adjacent to an activating group) is 1. The quantitative estimate of drug-likeness (QED) is 0.681. The van der Waals surface area contributed by atoms with E-state index in [1.54, 1.807) is 6.92 Å². The van der Waals surface area contributed by atoms with E-state index in [0.29, 0.717) is 24.0 Å². The van der Waals surface area contributed by atoms with Crippen LogP contribution in [-0.2, 0) is 9.53 Å². The number of carbonyl (C=O) groups is 1. The van der Waals surface area contributed by atoms with Crippen LogP contribution in [0.25, 0.3) is 0 Å². The minimum Gasteiger partial charge on any atom is -0.358 e. The van der Waals surface area contributed by atoms with E-state index in [4.69, 9.17) is 4.74 Å². The van der Waals surface area contributed by atoms with Crippen molar-refractivity contribution in [3.05, 3.63) is 0 Å². The first kappa shape index (κ1) is 16.8. The van der Waals surface area contributed by atoms with Gasteiger partial charge in [-0.1, -0.05) is 13.3 Å². The van der Waals surface area contributed by atoms with Gasteiger partial charge in [-0.3, -0.25) is 14.7 Å². The van der Waals surface area contributed by atoms with Gasteiger partial charge in [0.25, 0.3) is 0 Å². The van der Waals surface area contributed by atoms with Crippen molar-refractivity contribution < 1.29 is 9.53 Å². The van der Waals surface area contributed by atoms with Crippen LogP contribution in [0.5, 0.6) is 0 Å². The molecule has 5 nitrogen and oxygen atoms in total. The summed E-state index contributed by atoms with van der Waals surface area (Å²) >= 11 is 0. The van der Waals surface area contributed by atoms with Gasteiger partial charge in [0.1, 0.15) is 6.23 Å². The van der Waals surface area contributed by atoms with Gasteiger partial charge in [0.15, 0.2) is 0 Å². The first-order valence-electron chi connectivity index (χ1n) is 9.68. The summed E-state index contributed by atoms with van der Waals surface area (Å²) in [7, 11) is 2.07. The Labute approximate surface area is 146 Å². The van der Waals surface area contributed by atoms with Crippen LogP contribution in [0.4, 0.5) is 0 Å². The molecule has 24 heavy (non-hydrogen) atoms. The Balaban J connectivity index is 1.65. The van der Waals surface area contributed by atoms with Gasteiger partial charge < -0.3 is 4.74 Å². The number of hydrogen-bond acceptors (Lipinski definition) is 4. The van der Waals surface area contributed by atoms with Crippen molar-refractivity contribution in [1.29, 1.82) is 0 Å². The molecule has 0 aromatic carbocycles. The average molecular weight is 335 g/mol. The Kier molecular flexibility index (Phi) is 3.79. The third-order valence-corrected chi connectivity index (χ3v) is 7.56. The van der Waals surface area contributed by atoms with Crippen molar-refractivity contribution in [1.82, 2.24) is 14.9 Å². The van der Waals surface area contributed by atoms with Crippen molar-refractivity contribution >= 4 is 5.91 Å². The van der Waals surface area contributed by atoms with Gasteiger partial charge >= 0.3 is 0 Å². The van der Waals surface area contributed by atoms with Gasteiger partial charge in [-0.2, -0.15) is 0 Å². The van der Waals surface area contributed by atoms with E-state index in [2.05, 4.69) is 44.7 Å². The van der Waals surface area contributed by atoms with Crippen molar-refractivity contribution in [3.8, 4) is 0 Å². The van der Waals surface area contributed by atoms with Crippen molar-refractivity contribution in [2.45, 2.75) is 83.8 Å². The number of hydrazine groups is 1. The summed E-state index contributed by atoms with van der Waals surface area (Å²) in [6.07, 6.45) is 4.29. The molecule has 0 radical (unpaired) electrons. The molecule has 0 aromatic heterocycles. The summed E-state index contributed by atoms with van der Waals surface area (Å²) < 4.78 is 6.73. The third-order valence-electron chi connectivity index (χ3n) is 7.56. The van der Waals surface area contributed by atoms with Crippen LogP contribution >= 0.6 is 0 Å². The fraction of sp³-hybridized carbons (Fsp3) is 0.947. The summed E-state index contributed by atoms with van der Waals surface area (Å²) in [4.78, 5) is 14.7. The number of fused-ring (bicyclic) bond motifs is 4. The highest BCUT2D eigenvalue weighted by Gasteiger charge is 2.62. The van der Waals surface area contributed by atoms with Crippen LogP contribution in [0.1, 0.15) is 53.9 Å². The monoisotopic (exact) mass is 335 g/mol. The van der Waals surface area contributed by atoms with Crippen molar-refractivity contribution in [3.63, 3.8) is 0 Å². The van der Waals surface area contributed by atoms with Gasteiger partial charge in [-0.25, -0.2) is 5.01 Å². The number of carbonyl (C=O) groups excluding carboxylic acids is 1. The highest BCUT2D eigenvalue weighted by atomic mass is 16.5. The van der Waals surface area contributed by atoms with Crippen LogP contribution < -0.4 is 0 Å². The molecule has 1 amide bonds. The van der Waals surface area contributed by atoms with E-state index in [0.717, 1.165) is 12.5 Å². The summed E-state index contributed by atoms with van der Waals surface area (Å²) in [6, 6.07) is 0.546. The minimum atomic E-state index is 0.119. The molecule has 4 aliphatic rings. The Bertz CT molecular complexity index is 537. The van der Waals surface area contributed by atoms with Crippen LogP contribution in [0, 0.1) is 17.8 Å². The highest BCUT2D eigenvalue weighted by Crippen LogP contribution is 2.51. The third kappa shape index (κ3) is 2.14. The molecule has 136 valence electrons. The molecule has 4 rings (SSSR count). The molecule has 1 aliphatic carbocycles. The molecule has 7 atom stereocenters. The van der Waals surface area contributed by atoms with Gasteiger partial charge in [-0.05, 0) is 39.5 Å². The summed E-state index contributed by atoms with van der Waals surface area (Å²) in [5.74, 6) is 2.01. The molecule has 3 heterocycles. The highest BCUT2D eigenvalue weighted by molar-refractivity contribution is 5.73. The molecule has 5 heteroatoms. The van der Waals surface area contributed by atoms with E-state index >= 15 is 0 Å². The molecule has 0 aromatic rings. The first-order chi connectivity index (χ1) is 11.2. The van der Waals surface area contributed by atoms with Gasteiger partial charge in [-0.15, -0.1) is 0 Å². The molecule has 3 saturated heterocycles. The number of ether oxygens (including phenoxy) is 1. The second-order valence-electron chi connectivity index (χ2n) is 9.23. The molecule has 0 bridgehead atoms. The Morgan fingerprint density at radius 3 is 2.58 bits per heavy atom. The van der Waals surface area contributed by atoms with Crippen LogP contribution in [-0.4, -0.2) is 64.4 Å². The summed E-state index contributed by atoms with van der Waals surface area (Å²) in [6.45, 7) is 12.1. The van der Waals surface area contributed by atoms with Crippen LogP contribution in [0.15, 0.2) is 0 Å². The SMILES string of the molecule is CC(=O)N1[C@@H](C)[C@@H]2CN3[C@@H](O[C@@H]4C[C@H](C)CC[C@H]4C3(C)C)[C@@H]2N1C. The molecule has 0 unspecified atom stereocenters. The van der Waals surface area contributed by atoms with Gasteiger partial charge in [0.2, 0.25) is 5.91 Å². The lowest BCUT2D eigenvalue weighted by Crippen LogP contribution is -2.65. The van der Waals surface area contributed by atoms with Crippen LogP contribution in [0.2, 0.25) is 0 Å². The lowest BCUT2D eigenvalue weighted by molar-refractivity contribution is -0.237. The fourth-order valence-electron chi connectivity index (χ4n) is 6.25. The minimum absolute atomic E-state index is 0.119. The molecule has 1 saturated carbocycles. The zero-order valence-electron chi connectivity index (χ0n) is 16.0. The Morgan fingerprint density at radius 1 is 1.21 bits per heavy atom. The molecule has 3 aliphatic heterocycles. The Hall–Kier alpha value is -0.650. The maximum Gasteiger partial charge on any atom is 0.234 e. The summed E-state index contributed by atoms with van der Waals surface area (Å²) in [5, 5.41) is 4.11. The van der Waals surface area contributed by atoms with Crippen molar-refractivity contribution in [2.75, 3.05) is 13.6 Å². The smallest absolute Gasteiger partial charge is 0.234 e. The summed E-state index contributed by atoms with van der Waals surface area (Å²) in [5.41, 5.74) is 0.180. The molecular formula is C19H33N3O2. The second-order valence-corrected chi connectivity index (χ2v) is 9.23. The van der Waals surface area contributed by atoms with Gasteiger partial charge in [0, 0.05) is 37.9 Å². The first-order valence-corrected chi connectivity index (χ1v) is 9.68. The van der Waals surface area contributed by atoms with E-state index in [1.807, 2.05) is 5.01 Å². The standard InChI is InChI=1S/C19H33N3O2/c1-11-7-8-15-16(9-11)24-18-17-14(10-21(18)19(15,4)5)12(2)22(13(3)23)20(17)6/h11-12,14-18H,7-10H2,1-6H3/t11-,12+,14+,15-,16-,17-,18+/m1/s1. The average Bonchev–Trinajstić information content (AvgIpc) is 2.96. The largest absolute Gasteiger partial charge is 0.358 e. The lowest BCUT2D eigenvalue weighted by atomic mass is 9.70. The predicted molar refractivity (Wildman–Crippen MR) is 93.0 cm³/mol. The Morgan fingerprint density at radius 2 is 1.92 bits per heavy atom. The molecule has 0 N–H and O–H groups in total.